The molecule has 3 nitrogen and oxygen atoms in total. The van der Waals surface area contributed by atoms with Crippen LogP contribution >= 0.6 is 11.6 Å². The fraction of sp³-hybridized carbons (Fsp3) is 0.529. The zero-order valence-corrected chi connectivity index (χ0v) is 14.3. The first kappa shape index (κ1) is 16.0. The van der Waals surface area contributed by atoms with Gasteiger partial charge in [-0.25, -0.2) is 4.68 Å². The van der Waals surface area contributed by atoms with Gasteiger partial charge in [-0.1, -0.05) is 38.1 Å². The van der Waals surface area contributed by atoms with E-state index in [-0.39, 0.29) is 5.41 Å². The number of aromatic nitrogens is 3. The van der Waals surface area contributed by atoms with Crippen molar-refractivity contribution in [2.24, 2.45) is 0 Å². The summed E-state index contributed by atoms with van der Waals surface area (Å²) in [5.41, 5.74) is 6.46. The molecule has 0 aliphatic heterocycles. The van der Waals surface area contributed by atoms with Gasteiger partial charge >= 0.3 is 0 Å². The fourth-order valence-electron chi connectivity index (χ4n) is 2.46. The maximum absolute atomic E-state index is 5.74. The van der Waals surface area contributed by atoms with Crippen molar-refractivity contribution in [3.8, 4) is 0 Å². The van der Waals surface area contributed by atoms with E-state index in [1.165, 1.54) is 22.3 Å². The zero-order chi connectivity index (χ0) is 15.6. The molecule has 1 heterocycles. The number of nitrogens with zero attached hydrogens (tertiary/aromatic N) is 3. The average Bonchev–Trinajstić information content (AvgIpc) is 2.80. The van der Waals surface area contributed by atoms with Crippen LogP contribution in [-0.4, -0.2) is 20.9 Å². The second-order valence-electron chi connectivity index (χ2n) is 6.69. The van der Waals surface area contributed by atoms with Crippen LogP contribution in [0.5, 0.6) is 0 Å². The van der Waals surface area contributed by atoms with Crippen LogP contribution in [0.2, 0.25) is 0 Å². The number of halogens is 1. The van der Waals surface area contributed by atoms with Crippen LogP contribution in [0.25, 0.3) is 0 Å². The number of hydrogen-bond acceptors (Lipinski definition) is 2. The molecule has 2 aromatic rings. The van der Waals surface area contributed by atoms with E-state index in [1.807, 2.05) is 10.9 Å². The molecule has 0 aliphatic rings. The minimum absolute atomic E-state index is 0.175. The standard InChI is InChI=1S/C17H24ClN3/c1-12-8-14(17(3,4)5)9-13(2)16(12)11-21-10-15(6-7-18)19-20-21/h8-10H,6-7,11H2,1-5H3. The number of hydrogen-bond donors (Lipinski definition) is 0. The summed E-state index contributed by atoms with van der Waals surface area (Å²) in [5, 5.41) is 8.34. The van der Waals surface area contributed by atoms with Gasteiger partial charge in [-0.15, -0.1) is 16.7 Å². The third kappa shape index (κ3) is 3.85. The third-order valence-electron chi connectivity index (χ3n) is 3.82. The zero-order valence-electron chi connectivity index (χ0n) is 13.6. The second-order valence-corrected chi connectivity index (χ2v) is 7.06. The highest BCUT2D eigenvalue weighted by Crippen LogP contribution is 2.27. The molecule has 0 saturated carbocycles. The summed E-state index contributed by atoms with van der Waals surface area (Å²) in [7, 11) is 0. The first-order valence-electron chi connectivity index (χ1n) is 7.37. The summed E-state index contributed by atoms with van der Waals surface area (Å²) in [6.07, 6.45) is 2.75. The van der Waals surface area contributed by atoms with Crippen LogP contribution in [0.3, 0.4) is 0 Å². The van der Waals surface area contributed by atoms with Gasteiger partial charge in [-0.2, -0.15) is 0 Å². The highest BCUT2D eigenvalue weighted by atomic mass is 35.5. The predicted octanol–water partition coefficient (Wildman–Crippen LogP) is 4.02. The Morgan fingerprint density at radius 1 is 1.14 bits per heavy atom. The van der Waals surface area contributed by atoms with Crippen molar-refractivity contribution < 1.29 is 0 Å². The quantitative estimate of drug-likeness (QED) is 0.799. The Kier molecular flexibility index (Phi) is 4.72. The lowest BCUT2D eigenvalue weighted by Gasteiger charge is -2.22. The fourth-order valence-corrected chi connectivity index (χ4v) is 2.66. The van der Waals surface area contributed by atoms with Crippen molar-refractivity contribution in [1.82, 2.24) is 15.0 Å². The molecule has 0 spiro atoms. The molecule has 0 fully saturated rings. The van der Waals surface area contributed by atoms with Crippen molar-refractivity contribution >= 4 is 11.6 Å². The van der Waals surface area contributed by atoms with Gasteiger partial charge in [0.15, 0.2) is 0 Å². The van der Waals surface area contributed by atoms with E-state index in [2.05, 4.69) is 57.1 Å². The molecule has 2 rings (SSSR count). The van der Waals surface area contributed by atoms with Crippen molar-refractivity contribution in [3.63, 3.8) is 0 Å². The summed E-state index contributed by atoms with van der Waals surface area (Å²) in [5.74, 6) is 0.580. The SMILES string of the molecule is Cc1cc(C(C)(C)C)cc(C)c1Cn1cc(CCCl)nn1. The lowest BCUT2D eigenvalue weighted by molar-refractivity contribution is 0.587. The summed E-state index contributed by atoms with van der Waals surface area (Å²) in [6.45, 7) is 11.9. The third-order valence-corrected chi connectivity index (χ3v) is 4.01. The molecule has 1 aromatic carbocycles. The maximum atomic E-state index is 5.74. The molecule has 0 unspecified atom stereocenters. The molecular weight excluding hydrogens is 282 g/mol. The van der Waals surface area contributed by atoms with E-state index in [0.717, 1.165) is 18.7 Å². The smallest absolute Gasteiger partial charge is 0.0839 e. The van der Waals surface area contributed by atoms with E-state index in [1.54, 1.807) is 0 Å². The topological polar surface area (TPSA) is 30.7 Å². The van der Waals surface area contributed by atoms with Crippen LogP contribution < -0.4 is 0 Å². The number of rotatable bonds is 4. The first-order valence-corrected chi connectivity index (χ1v) is 7.90. The minimum atomic E-state index is 0.175. The van der Waals surface area contributed by atoms with Crippen LogP contribution in [0.1, 0.15) is 48.7 Å². The molecule has 0 amide bonds. The van der Waals surface area contributed by atoms with Crippen molar-refractivity contribution in [2.75, 3.05) is 5.88 Å². The van der Waals surface area contributed by atoms with Crippen LogP contribution in [0, 0.1) is 13.8 Å². The first-order chi connectivity index (χ1) is 9.81. The molecule has 114 valence electrons. The number of alkyl halides is 1. The lowest BCUT2D eigenvalue weighted by atomic mass is 9.84. The molecule has 0 atom stereocenters. The molecule has 21 heavy (non-hydrogen) atoms. The molecule has 0 aliphatic carbocycles. The molecule has 0 bridgehead atoms. The van der Waals surface area contributed by atoms with Gasteiger partial charge in [0.1, 0.15) is 0 Å². The summed E-state index contributed by atoms with van der Waals surface area (Å²) in [6, 6.07) is 4.58. The Balaban J connectivity index is 2.27. The van der Waals surface area contributed by atoms with Gasteiger partial charge in [0.2, 0.25) is 0 Å². The number of aryl methyl sites for hydroxylation is 3. The summed E-state index contributed by atoms with van der Waals surface area (Å²) >= 11 is 5.74. The summed E-state index contributed by atoms with van der Waals surface area (Å²) < 4.78 is 1.90. The second kappa shape index (κ2) is 6.18. The van der Waals surface area contributed by atoms with E-state index in [0.29, 0.717) is 5.88 Å². The molecule has 0 saturated heterocycles. The van der Waals surface area contributed by atoms with Gasteiger partial charge in [-0.05, 0) is 41.5 Å². The van der Waals surface area contributed by atoms with Gasteiger partial charge in [-0.3, -0.25) is 0 Å². The van der Waals surface area contributed by atoms with Gasteiger partial charge < -0.3 is 0 Å². The Morgan fingerprint density at radius 2 is 1.76 bits per heavy atom. The van der Waals surface area contributed by atoms with Crippen molar-refractivity contribution in [3.05, 3.63) is 46.3 Å². The Morgan fingerprint density at radius 3 is 2.29 bits per heavy atom. The molecule has 4 heteroatoms. The molecule has 1 aromatic heterocycles. The Labute approximate surface area is 132 Å². The summed E-state index contributed by atoms with van der Waals surface area (Å²) in [4.78, 5) is 0. The van der Waals surface area contributed by atoms with E-state index in [4.69, 9.17) is 11.6 Å². The minimum Gasteiger partial charge on any atom is -0.248 e. The van der Waals surface area contributed by atoms with Crippen LogP contribution in [-0.2, 0) is 18.4 Å². The van der Waals surface area contributed by atoms with Gasteiger partial charge in [0, 0.05) is 18.5 Å². The Bertz CT molecular complexity index is 600. The monoisotopic (exact) mass is 305 g/mol. The van der Waals surface area contributed by atoms with Crippen LogP contribution in [0.4, 0.5) is 0 Å². The Hall–Kier alpha value is -1.35. The van der Waals surface area contributed by atoms with E-state index < -0.39 is 0 Å². The van der Waals surface area contributed by atoms with Gasteiger partial charge in [0.05, 0.1) is 12.2 Å². The molecule has 0 N–H and O–H groups in total. The maximum Gasteiger partial charge on any atom is 0.0839 e. The van der Waals surface area contributed by atoms with Crippen molar-refractivity contribution in [2.45, 2.75) is 53.0 Å². The van der Waals surface area contributed by atoms with Crippen molar-refractivity contribution in [1.29, 1.82) is 0 Å². The molecule has 0 radical (unpaired) electrons. The largest absolute Gasteiger partial charge is 0.248 e. The number of benzene rings is 1. The highest BCUT2D eigenvalue weighted by Gasteiger charge is 2.16. The molecular formula is C17H24ClN3. The predicted molar refractivity (Wildman–Crippen MR) is 88.2 cm³/mol. The van der Waals surface area contributed by atoms with E-state index in [9.17, 15) is 0 Å². The van der Waals surface area contributed by atoms with Crippen LogP contribution in [0.15, 0.2) is 18.3 Å². The highest BCUT2D eigenvalue weighted by molar-refractivity contribution is 6.17. The van der Waals surface area contributed by atoms with E-state index >= 15 is 0 Å². The lowest BCUT2D eigenvalue weighted by Crippen LogP contribution is -2.13. The normalized spacial score (nSPS) is 11.9. The van der Waals surface area contributed by atoms with Gasteiger partial charge in [0.25, 0.3) is 0 Å². The average molecular weight is 306 g/mol.